The minimum Gasteiger partial charge on any atom is -0.492 e. The molecule has 1 rings (SSSR count). The minimum absolute atomic E-state index is 0.0509. The molecule has 7 heteroatoms. The summed E-state index contributed by atoms with van der Waals surface area (Å²) in [5, 5.41) is 13.7. The van der Waals surface area contributed by atoms with Gasteiger partial charge in [0.15, 0.2) is 0 Å². The summed E-state index contributed by atoms with van der Waals surface area (Å²) >= 11 is 0. The van der Waals surface area contributed by atoms with Gasteiger partial charge in [-0.3, -0.25) is 0 Å². The molecule has 1 aromatic carbocycles. The molecule has 0 aliphatic heterocycles. The molecule has 0 unspecified atom stereocenters. The van der Waals surface area contributed by atoms with E-state index >= 15 is 0 Å². The zero-order valence-electron chi connectivity index (χ0n) is 8.50. The van der Waals surface area contributed by atoms with E-state index in [0.717, 1.165) is 6.07 Å². The van der Waals surface area contributed by atoms with Crippen molar-refractivity contribution >= 4 is 16.0 Å². The number of primary sulfonamides is 1. The maximum atomic E-state index is 11.2. The van der Waals surface area contributed by atoms with Crippen LogP contribution in [0.1, 0.15) is 17.3 Å². The first-order valence-corrected chi connectivity index (χ1v) is 5.94. The predicted octanol–water partition coefficient (Wildman–Crippen LogP) is 0.431. The number of hydrogen-bond acceptors (Lipinski definition) is 4. The molecule has 0 aliphatic carbocycles. The molecular formula is C9H11NO5S. The third-order valence-corrected chi connectivity index (χ3v) is 2.73. The summed E-state index contributed by atoms with van der Waals surface area (Å²) in [4.78, 5) is 10.3. The molecule has 0 amide bonds. The van der Waals surface area contributed by atoms with Gasteiger partial charge in [0.05, 0.1) is 12.2 Å². The van der Waals surface area contributed by atoms with Gasteiger partial charge in [0, 0.05) is 0 Å². The van der Waals surface area contributed by atoms with Crippen LogP contribution < -0.4 is 9.88 Å². The van der Waals surface area contributed by atoms with Crippen molar-refractivity contribution in [2.75, 3.05) is 6.61 Å². The van der Waals surface area contributed by atoms with E-state index in [4.69, 9.17) is 15.0 Å². The number of carbonyl (C=O) groups is 1. The quantitative estimate of drug-likeness (QED) is 0.800. The average molecular weight is 245 g/mol. The Kier molecular flexibility index (Phi) is 3.51. The van der Waals surface area contributed by atoms with Crippen LogP contribution in [0.4, 0.5) is 0 Å². The smallest absolute Gasteiger partial charge is 0.335 e. The second kappa shape index (κ2) is 4.50. The van der Waals surface area contributed by atoms with Crippen molar-refractivity contribution in [2.45, 2.75) is 11.8 Å². The molecular weight excluding hydrogens is 234 g/mol. The number of aromatic carboxylic acids is 1. The standard InChI is InChI=1S/C9H11NO5S/c1-2-15-7-4-3-6(9(11)12)5-8(7)16(10,13)14/h3-5H,2H2,1H3,(H,11,12)(H2,10,13,14). The van der Waals surface area contributed by atoms with E-state index in [0.29, 0.717) is 0 Å². The summed E-state index contributed by atoms with van der Waals surface area (Å²) in [6.45, 7) is 1.94. The van der Waals surface area contributed by atoms with Crippen molar-refractivity contribution in [3.05, 3.63) is 23.8 Å². The molecule has 6 nitrogen and oxygen atoms in total. The van der Waals surface area contributed by atoms with Gasteiger partial charge in [0.2, 0.25) is 10.0 Å². The third kappa shape index (κ3) is 2.71. The van der Waals surface area contributed by atoms with Crippen molar-refractivity contribution in [1.82, 2.24) is 0 Å². The van der Waals surface area contributed by atoms with Gasteiger partial charge in [0.1, 0.15) is 10.6 Å². The molecule has 0 fully saturated rings. The zero-order chi connectivity index (χ0) is 12.3. The minimum atomic E-state index is -4.00. The van der Waals surface area contributed by atoms with Gasteiger partial charge < -0.3 is 9.84 Å². The molecule has 0 aromatic heterocycles. The van der Waals surface area contributed by atoms with E-state index in [1.54, 1.807) is 6.92 Å². The van der Waals surface area contributed by atoms with Crippen molar-refractivity contribution < 1.29 is 23.1 Å². The van der Waals surface area contributed by atoms with E-state index in [2.05, 4.69) is 0 Å². The summed E-state index contributed by atoms with van der Waals surface area (Å²) in [7, 11) is -4.00. The van der Waals surface area contributed by atoms with Crippen LogP contribution in [-0.4, -0.2) is 26.1 Å². The maximum Gasteiger partial charge on any atom is 0.335 e. The topological polar surface area (TPSA) is 107 Å². The number of nitrogens with two attached hydrogens (primary N) is 1. The van der Waals surface area contributed by atoms with E-state index in [9.17, 15) is 13.2 Å². The van der Waals surface area contributed by atoms with Crippen LogP contribution in [0, 0.1) is 0 Å². The highest BCUT2D eigenvalue weighted by Crippen LogP contribution is 2.24. The molecule has 1 aromatic rings. The van der Waals surface area contributed by atoms with Crippen LogP contribution in [0.2, 0.25) is 0 Å². The highest BCUT2D eigenvalue weighted by Gasteiger charge is 2.17. The Labute approximate surface area is 92.7 Å². The molecule has 0 heterocycles. The number of ether oxygens (including phenoxy) is 1. The Morgan fingerprint density at radius 2 is 2.12 bits per heavy atom. The van der Waals surface area contributed by atoms with Gasteiger partial charge in [-0.05, 0) is 25.1 Å². The van der Waals surface area contributed by atoms with Crippen LogP contribution in [0.15, 0.2) is 23.1 Å². The number of carboxylic acid groups (broad SMARTS) is 1. The Hall–Kier alpha value is -1.60. The molecule has 0 atom stereocenters. The van der Waals surface area contributed by atoms with Crippen LogP contribution in [0.3, 0.4) is 0 Å². The molecule has 3 N–H and O–H groups in total. The van der Waals surface area contributed by atoms with E-state index in [1.807, 2.05) is 0 Å². The lowest BCUT2D eigenvalue weighted by atomic mass is 10.2. The van der Waals surface area contributed by atoms with Crippen LogP contribution in [0.25, 0.3) is 0 Å². The van der Waals surface area contributed by atoms with Crippen LogP contribution >= 0.6 is 0 Å². The van der Waals surface area contributed by atoms with E-state index in [-0.39, 0.29) is 22.8 Å². The number of hydrogen-bond donors (Lipinski definition) is 2. The SMILES string of the molecule is CCOc1ccc(C(=O)O)cc1S(N)(=O)=O. The molecule has 0 radical (unpaired) electrons. The highest BCUT2D eigenvalue weighted by molar-refractivity contribution is 7.89. The largest absolute Gasteiger partial charge is 0.492 e. The monoisotopic (exact) mass is 245 g/mol. The number of sulfonamides is 1. The first kappa shape index (κ1) is 12.5. The van der Waals surface area contributed by atoms with Crippen molar-refractivity contribution in [3.8, 4) is 5.75 Å². The fraction of sp³-hybridized carbons (Fsp3) is 0.222. The van der Waals surface area contributed by atoms with Crippen molar-refractivity contribution in [3.63, 3.8) is 0 Å². The summed E-state index contributed by atoms with van der Waals surface area (Å²) < 4.78 is 27.5. The predicted molar refractivity (Wildman–Crippen MR) is 55.9 cm³/mol. The average Bonchev–Trinajstić information content (AvgIpc) is 2.16. The van der Waals surface area contributed by atoms with Crippen molar-refractivity contribution in [1.29, 1.82) is 0 Å². The second-order valence-corrected chi connectivity index (χ2v) is 4.47. The van der Waals surface area contributed by atoms with Gasteiger partial charge in [-0.1, -0.05) is 0 Å². The maximum absolute atomic E-state index is 11.2. The molecule has 0 saturated carbocycles. The van der Waals surface area contributed by atoms with Gasteiger partial charge in [0.25, 0.3) is 0 Å². The summed E-state index contributed by atoms with van der Waals surface area (Å²) in [6.07, 6.45) is 0. The Balaban J connectivity index is 3.39. The first-order valence-electron chi connectivity index (χ1n) is 4.39. The fourth-order valence-corrected chi connectivity index (χ4v) is 1.84. The summed E-state index contributed by atoms with van der Waals surface area (Å²) in [5.41, 5.74) is -0.160. The third-order valence-electron chi connectivity index (χ3n) is 1.80. The molecule has 0 saturated heterocycles. The summed E-state index contributed by atoms with van der Waals surface area (Å²) in [6, 6.07) is 3.50. The Morgan fingerprint density at radius 3 is 2.56 bits per heavy atom. The lowest BCUT2D eigenvalue weighted by molar-refractivity contribution is 0.0696. The van der Waals surface area contributed by atoms with Crippen molar-refractivity contribution in [2.24, 2.45) is 5.14 Å². The molecule has 0 aliphatic rings. The number of benzene rings is 1. The van der Waals surface area contributed by atoms with Gasteiger partial charge >= 0.3 is 5.97 Å². The lowest BCUT2D eigenvalue weighted by Crippen LogP contribution is -2.15. The molecule has 16 heavy (non-hydrogen) atoms. The number of rotatable bonds is 4. The first-order chi connectivity index (χ1) is 7.36. The van der Waals surface area contributed by atoms with E-state index < -0.39 is 16.0 Å². The van der Waals surface area contributed by atoms with Crippen LogP contribution in [0.5, 0.6) is 5.75 Å². The molecule has 0 bridgehead atoms. The van der Waals surface area contributed by atoms with Gasteiger partial charge in [-0.25, -0.2) is 18.4 Å². The Morgan fingerprint density at radius 1 is 1.50 bits per heavy atom. The van der Waals surface area contributed by atoms with Gasteiger partial charge in [-0.15, -0.1) is 0 Å². The zero-order valence-corrected chi connectivity index (χ0v) is 9.32. The van der Waals surface area contributed by atoms with Crippen LogP contribution in [-0.2, 0) is 10.0 Å². The lowest BCUT2D eigenvalue weighted by Gasteiger charge is -2.08. The second-order valence-electron chi connectivity index (χ2n) is 2.94. The fourth-order valence-electron chi connectivity index (χ4n) is 1.14. The van der Waals surface area contributed by atoms with Gasteiger partial charge in [-0.2, -0.15) is 0 Å². The normalized spacial score (nSPS) is 11.1. The highest BCUT2D eigenvalue weighted by atomic mass is 32.2. The molecule has 0 spiro atoms. The Bertz CT molecular complexity index is 509. The summed E-state index contributed by atoms with van der Waals surface area (Å²) in [5.74, 6) is -1.18. The van der Waals surface area contributed by atoms with E-state index in [1.165, 1.54) is 12.1 Å². The molecule has 88 valence electrons. The number of carboxylic acids is 1.